The number of nitrogens with one attached hydrogen (secondary N) is 1. The molecule has 1 saturated heterocycles. The molecule has 2 heterocycles. The molecule has 0 aliphatic carbocycles. The van der Waals surface area contributed by atoms with Crippen LogP contribution in [0.5, 0.6) is 0 Å². The minimum absolute atomic E-state index is 0.0371. The Hall–Kier alpha value is -1.76. The predicted molar refractivity (Wildman–Crippen MR) is 96.3 cm³/mol. The molecule has 1 N–H and O–H groups in total. The van der Waals surface area contributed by atoms with Crippen LogP contribution in [0.2, 0.25) is 0 Å². The number of amides is 1. The number of benzene rings is 1. The van der Waals surface area contributed by atoms with Crippen LogP contribution in [0.15, 0.2) is 29.6 Å². The van der Waals surface area contributed by atoms with E-state index in [9.17, 15) is 4.79 Å². The number of carbonyl (C=O) groups is 1. The van der Waals surface area contributed by atoms with Crippen molar-refractivity contribution in [2.75, 3.05) is 31.6 Å². The van der Waals surface area contributed by atoms with Crippen molar-refractivity contribution in [2.45, 2.75) is 26.3 Å². The minimum Gasteiger partial charge on any atom is -0.379 e. The molecule has 1 amide bonds. The largest absolute Gasteiger partial charge is 0.379 e. The normalized spacial score (nSPS) is 15.4. The lowest BCUT2D eigenvalue weighted by atomic mass is 10.1. The number of hydrogen-bond acceptors (Lipinski definition) is 5. The summed E-state index contributed by atoms with van der Waals surface area (Å²) in [6.07, 6.45) is 1.14. The summed E-state index contributed by atoms with van der Waals surface area (Å²) in [6, 6.07) is 8.03. The Bertz CT molecular complexity index is 680. The van der Waals surface area contributed by atoms with Gasteiger partial charge in [-0.3, -0.25) is 9.69 Å². The molecule has 0 atom stereocenters. The quantitative estimate of drug-likeness (QED) is 0.875. The first-order valence-electron chi connectivity index (χ1n) is 8.29. The first-order chi connectivity index (χ1) is 11.7. The van der Waals surface area contributed by atoms with Crippen LogP contribution in [0.25, 0.3) is 0 Å². The molecule has 6 heteroatoms. The third-order valence-corrected chi connectivity index (χ3v) is 4.89. The van der Waals surface area contributed by atoms with Gasteiger partial charge < -0.3 is 10.1 Å². The molecule has 2 aromatic rings. The number of rotatable bonds is 6. The molecule has 5 nitrogen and oxygen atoms in total. The number of aryl methyl sites for hydroxylation is 2. The van der Waals surface area contributed by atoms with Gasteiger partial charge in [-0.15, -0.1) is 11.3 Å². The molecule has 1 aliphatic heterocycles. The molecular formula is C18H23N3O2S. The topological polar surface area (TPSA) is 54.5 Å². The number of nitrogens with zero attached hydrogens (tertiary/aromatic N) is 2. The molecule has 3 rings (SSSR count). The Morgan fingerprint density at radius 1 is 1.33 bits per heavy atom. The fourth-order valence-corrected chi connectivity index (χ4v) is 3.40. The molecule has 1 fully saturated rings. The average Bonchev–Trinajstić information content (AvgIpc) is 3.01. The zero-order valence-corrected chi connectivity index (χ0v) is 14.8. The first-order valence-corrected chi connectivity index (χ1v) is 9.17. The van der Waals surface area contributed by atoms with Gasteiger partial charge in [-0.2, -0.15) is 0 Å². The summed E-state index contributed by atoms with van der Waals surface area (Å²) in [4.78, 5) is 19.0. The van der Waals surface area contributed by atoms with E-state index in [4.69, 9.17) is 4.74 Å². The number of para-hydroxylation sites is 1. The van der Waals surface area contributed by atoms with E-state index in [2.05, 4.69) is 21.3 Å². The highest BCUT2D eigenvalue weighted by Crippen LogP contribution is 2.18. The van der Waals surface area contributed by atoms with Crippen molar-refractivity contribution in [3.63, 3.8) is 0 Å². The van der Waals surface area contributed by atoms with E-state index in [1.165, 1.54) is 0 Å². The molecule has 24 heavy (non-hydrogen) atoms. The van der Waals surface area contributed by atoms with Crippen molar-refractivity contribution in [3.8, 4) is 0 Å². The Morgan fingerprint density at radius 2 is 2.12 bits per heavy atom. The number of hydrogen-bond donors (Lipinski definition) is 1. The second-order valence-electron chi connectivity index (χ2n) is 5.95. The summed E-state index contributed by atoms with van der Waals surface area (Å²) in [5.41, 5.74) is 3.05. The summed E-state index contributed by atoms with van der Waals surface area (Å²) >= 11 is 1.62. The van der Waals surface area contributed by atoms with Gasteiger partial charge >= 0.3 is 0 Å². The molecule has 1 aliphatic rings. The van der Waals surface area contributed by atoms with Crippen LogP contribution in [-0.4, -0.2) is 42.1 Å². The standard InChI is InChI=1S/C18H23N3O2S/c1-14-19-16(13-24-14)6-7-18(22)20-17-5-3-2-4-15(17)12-21-8-10-23-11-9-21/h2-5,13H,6-12H2,1H3,(H,20,22). The summed E-state index contributed by atoms with van der Waals surface area (Å²) in [5.74, 6) is 0.0371. The smallest absolute Gasteiger partial charge is 0.224 e. The van der Waals surface area contributed by atoms with Gasteiger partial charge in [0.1, 0.15) is 0 Å². The number of thiazole rings is 1. The molecule has 1 aromatic heterocycles. The van der Waals surface area contributed by atoms with Gasteiger partial charge in [0.2, 0.25) is 5.91 Å². The number of anilines is 1. The SMILES string of the molecule is Cc1nc(CCC(=O)Nc2ccccc2CN2CCOCC2)cs1. The molecule has 0 unspecified atom stereocenters. The molecule has 0 saturated carbocycles. The second kappa shape index (κ2) is 8.37. The van der Waals surface area contributed by atoms with E-state index < -0.39 is 0 Å². The average molecular weight is 345 g/mol. The number of ether oxygens (including phenoxy) is 1. The van der Waals surface area contributed by atoms with Gasteiger partial charge in [0.05, 0.1) is 23.9 Å². The fraction of sp³-hybridized carbons (Fsp3) is 0.444. The number of morpholine rings is 1. The molecule has 128 valence electrons. The number of aromatic nitrogens is 1. The molecule has 0 spiro atoms. The lowest BCUT2D eigenvalue weighted by Crippen LogP contribution is -2.35. The van der Waals surface area contributed by atoms with Crippen molar-refractivity contribution < 1.29 is 9.53 Å². The van der Waals surface area contributed by atoms with Crippen LogP contribution in [-0.2, 0) is 22.5 Å². The van der Waals surface area contributed by atoms with Crippen LogP contribution in [0.1, 0.15) is 22.7 Å². The lowest BCUT2D eigenvalue weighted by Gasteiger charge is -2.27. The van der Waals surface area contributed by atoms with Gasteiger partial charge in [-0.05, 0) is 25.0 Å². The zero-order chi connectivity index (χ0) is 16.8. The Kier molecular flexibility index (Phi) is 5.96. The van der Waals surface area contributed by atoms with Crippen molar-refractivity contribution in [1.29, 1.82) is 0 Å². The van der Waals surface area contributed by atoms with Crippen molar-refractivity contribution >= 4 is 22.9 Å². The van der Waals surface area contributed by atoms with E-state index in [-0.39, 0.29) is 5.91 Å². The van der Waals surface area contributed by atoms with E-state index in [1.54, 1.807) is 11.3 Å². The van der Waals surface area contributed by atoms with Gasteiger partial charge in [-0.1, -0.05) is 18.2 Å². The van der Waals surface area contributed by atoms with E-state index >= 15 is 0 Å². The number of carbonyl (C=O) groups excluding carboxylic acids is 1. The molecular weight excluding hydrogens is 322 g/mol. The molecule has 0 radical (unpaired) electrons. The third-order valence-electron chi connectivity index (χ3n) is 4.06. The predicted octanol–water partition coefficient (Wildman–Crippen LogP) is 2.86. The van der Waals surface area contributed by atoms with Crippen LogP contribution >= 0.6 is 11.3 Å². The van der Waals surface area contributed by atoms with Crippen LogP contribution in [0, 0.1) is 6.92 Å². The van der Waals surface area contributed by atoms with E-state index in [0.29, 0.717) is 12.8 Å². The monoisotopic (exact) mass is 345 g/mol. The highest BCUT2D eigenvalue weighted by molar-refractivity contribution is 7.09. The Morgan fingerprint density at radius 3 is 2.88 bits per heavy atom. The van der Waals surface area contributed by atoms with Crippen molar-refractivity contribution in [2.24, 2.45) is 0 Å². The van der Waals surface area contributed by atoms with Gasteiger partial charge in [0.15, 0.2) is 0 Å². The van der Waals surface area contributed by atoms with Crippen LogP contribution < -0.4 is 5.32 Å². The summed E-state index contributed by atoms with van der Waals surface area (Å²) in [5, 5.41) is 6.12. The first kappa shape index (κ1) is 17.1. The minimum atomic E-state index is 0.0371. The summed E-state index contributed by atoms with van der Waals surface area (Å²) in [7, 11) is 0. The lowest BCUT2D eigenvalue weighted by molar-refractivity contribution is -0.116. The summed E-state index contributed by atoms with van der Waals surface area (Å²) < 4.78 is 5.39. The van der Waals surface area contributed by atoms with Gasteiger partial charge in [0, 0.05) is 37.1 Å². The maximum Gasteiger partial charge on any atom is 0.224 e. The third kappa shape index (κ3) is 4.87. The zero-order valence-electron chi connectivity index (χ0n) is 14.0. The highest BCUT2D eigenvalue weighted by Gasteiger charge is 2.14. The van der Waals surface area contributed by atoms with Crippen LogP contribution in [0.3, 0.4) is 0 Å². The van der Waals surface area contributed by atoms with Gasteiger partial charge in [0.25, 0.3) is 0 Å². The fourth-order valence-electron chi connectivity index (χ4n) is 2.76. The highest BCUT2D eigenvalue weighted by atomic mass is 32.1. The maximum atomic E-state index is 12.3. The Balaban J connectivity index is 1.56. The molecule has 1 aromatic carbocycles. The van der Waals surface area contributed by atoms with Crippen molar-refractivity contribution in [3.05, 3.63) is 45.9 Å². The Labute approximate surface area is 146 Å². The molecule has 0 bridgehead atoms. The van der Waals surface area contributed by atoms with E-state index in [0.717, 1.165) is 54.8 Å². The van der Waals surface area contributed by atoms with Crippen LogP contribution in [0.4, 0.5) is 5.69 Å². The van der Waals surface area contributed by atoms with E-state index in [1.807, 2.05) is 30.5 Å². The van der Waals surface area contributed by atoms with Gasteiger partial charge in [-0.25, -0.2) is 4.98 Å². The maximum absolute atomic E-state index is 12.3. The summed E-state index contributed by atoms with van der Waals surface area (Å²) in [6.45, 7) is 6.25. The second-order valence-corrected chi connectivity index (χ2v) is 7.01. The van der Waals surface area contributed by atoms with Crippen molar-refractivity contribution in [1.82, 2.24) is 9.88 Å².